The van der Waals surface area contributed by atoms with E-state index in [1.54, 1.807) is 10.6 Å². The van der Waals surface area contributed by atoms with Gasteiger partial charge >= 0.3 is 0 Å². The van der Waals surface area contributed by atoms with Gasteiger partial charge in [0.2, 0.25) is 5.91 Å². The van der Waals surface area contributed by atoms with Gasteiger partial charge in [0, 0.05) is 17.4 Å². The maximum absolute atomic E-state index is 13.5. The van der Waals surface area contributed by atoms with Crippen LogP contribution in [0.25, 0.3) is 16.6 Å². The molecule has 6 heteroatoms. The number of rotatable bonds is 7. The van der Waals surface area contributed by atoms with E-state index in [4.69, 9.17) is 4.98 Å². The summed E-state index contributed by atoms with van der Waals surface area (Å²) in [6.45, 7) is 8.65. The minimum atomic E-state index is -0.290. The molecule has 0 N–H and O–H groups in total. The lowest BCUT2D eigenvalue weighted by Crippen LogP contribution is -2.38. The third-order valence-corrected chi connectivity index (χ3v) is 5.72. The molecule has 5 nitrogen and oxygen atoms in total. The average Bonchev–Trinajstić information content (AvgIpc) is 2.72. The molecule has 0 aliphatic carbocycles. The molecule has 1 heterocycles. The van der Waals surface area contributed by atoms with Gasteiger partial charge in [0.25, 0.3) is 5.56 Å². The van der Waals surface area contributed by atoms with E-state index in [-0.39, 0.29) is 23.4 Å². The fourth-order valence-electron chi connectivity index (χ4n) is 3.79. The highest BCUT2D eigenvalue weighted by molar-refractivity contribution is 9.10. The second-order valence-corrected chi connectivity index (χ2v) is 8.72. The van der Waals surface area contributed by atoms with Crippen molar-refractivity contribution in [3.05, 3.63) is 69.2 Å². The average molecular weight is 470 g/mol. The molecule has 0 aliphatic heterocycles. The second-order valence-electron chi connectivity index (χ2n) is 7.81. The molecule has 0 bridgehead atoms. The van der Waals surface area contributed by atoms with Gasteiger partial charge in [0.1, 0.15) is 5.82 Å². The van der Waals surface area contributed by atoms with E-state index in [0.717, 1.165) is 10.2 Å². The summed E-state index contributed by atoms with van der Waals surface area (Å²) in [5, 5.41) is 0.565. The van der Waals surface area contributed by atoms with Crippen molar-refractivity contribution >= 4 is 32.7 Å². The van der Waals surface area contributed by atoms with Crippen LogP contribution in [-0.4, -0.2) is 26.9 Å². The lowest BCUT2D eigenvalue weighted by atomic mass is 10.1. The van der Waals surface area contributed by atoms with E-state index in [2.05, 4.69) is 15.9 Å². The lowest BCUT2D eigenvalue weighted by molar-refractivity contribution is -0.134. The van der Waals surface area contributed by atoms with Crippen molar-refractivity contribution in [1.29, 1.82) is 0 Å². The highest BCUT2D eigenvalue weighted by Crippen LogP contribution is 2.27. The normalized spacial score (nSPS) is 12.3. The van der Waals surface area contributed by atoms with Crippen LogP contribution in [0.4, 0.5) is 0 Å². The number of nitrogens with zero attached hydrogens (tertiary/aromatic N) is 3. The third-order valence-electron chi connectivity index (χ3n) is 5.19. The summed E-state index contributed by atoms with van der Waals surface area (Å²) < 4.78 is 2.60. The van der Waals surface area contributed by atoms with Gasteiger partial charge in [-0.05, 0) is 55.7 Å². The van der Waals surface area contributed by atoms with Crippen molar-refractivity contribution < 1.29 is 4.79 Å². The molecular formula is C24H28BrN3O2. The van der Waals surface area contributed by atoms with E-state index >= 15 is 0 Å². The van der Waals surface area contributed by atoms with Crippen molar-refractivity contribution in [2.45, 2.75) is 46.6 Å². The zero-order valence-corrected chi connectivity index (χ0v) is 19.5. The summed E-state index contributed by atoms with van der Waals surface area (Å²) >= 11 is 3.46. The quantitative estimate of drug-likeness (QED) is 0.459. The summed E-state index contributed by atoms with van der Waals surface area (Å²) in [5.41, 5.74) is 1.27. The molecule has 30 heavy (non-hydrogen) atoms. The SMILES string of the molecule is CCC(c1nc2ccccc2c(=O)n1-c1ccc(Br)cc1)N(CC)C(=O)CC(C)C. The minimum Gasteiger partial charge on any atom is -0.333 e. The molecule has 0 saturated heterocycles. The Labute approximate surface area is 185 Å². The third kappa shape index (κ3) is 4.48. The van der Waals surface area contributed by atoms with Crippen molar-refractivity contribution in [2.24, 2.45) is 5.92 Å². The number of halogens is 1. The van der Waals surface area contributed by atoms with Crippen LogP contribution in [-0.2, 0) is 4.79 Å². The van der Waals surface area contributed by atoms with Gasteiger partial charge in [-0.3, -0.25) is 14.2 Å². The number of carbonyl (C=O) groups excluding carboxylic acids is 1. The first-order valence-electron chi connectivity index (χ1n) is 10.4. The predicted octanol–water partition coefficient (Wildman–Crippen LogP) is 5.49. The summed E-state index contributed by atoms with van der Waals surface area (Å²) in [5.74, 6) is 0.953. The predicted molar refractivity (Wildman–Crippen MR) is 125 cm³/mol. The topological polar surface area (TPSA) is 55.2 Å². The van der Waals surface area contributed by atoms with E-state index in [0.29, 0.717) is 36.1 Å². The molecule has 1 atom stereocenters. The fraction of sp³-hybridized carbons (Fsp3) is 0.375. The molecule has 3 aromatic rings. The number of hydrogen-bond acceptors (Lipinski definition) is 3. The number of amides is 1. The van der Waals surface area contributed by atoms with E-state index in [1.165, 1.54) is 0 Å². The van der Waals surface area contributed by atoms with Gasteiger partial charge in [-0.15, -0.1) is 0 Å². The second kappa shape index (κ2) is 9.56. The largest absolute Gasteiger partial charge is 0.333 e. The molecule has 0 spiro atoms. The van der Waals surface area contributed by atoms with Crippen LogP contribution >= 0.6 is 15.9 Å². The Kier molecular flexibility index (Phi) is 7.08. The molecule has 1 amide bonds. The van der Waals surface area contributed by atoms with Crippen molar-refractivity contribution in [1.82, 2.24) is 14.5 Å². The van der Waals surface area contributed by atoms with Gasteiger partial charge in [-0.2, -0.15) is 0 Å². The highest BCUT2D eigenvalue weighted by atomic mass is 79.9. The maximum Gasteiger partial charge on any atom is 0.266 e. The number of carbonyl (C=O) groups is 1. The van der Waals surface area contributed by atoms with Crippen molar-refractivity contribution in [2.75, 3.05) is 6.54 Å². The van der Waals surface area contributed by atoms with Gasteiger partial charge in [0.05, 0.1) is 22.6 Å². The zero-order valence-electron chi connectivity index (χ0n) is 17.9. The van der Waals surface area contributed by atoms with E-state index in [1.807, 2.05) is 75.1 Å². The molecular weight excluding hydrogens is 442 g/mol. The van der Waals surface area contributed by atoms with Crippen LogP contribution < -0.4 is 5.56 Å². The van der Waals surface area contributed by atoms with Gasteiger partial charge in [-0.25, -0.2) is 4.98 Å². The van der Waals surface area contributed by atoms with Crippen LogP contribution in [0.1, 0.15) is 52.4 Å². The number of hydrogen-bond donors (Lipinski definition) is 0. The van der Waals surface area contributed by atoms with Crippen LogP contribution in [0.15, 0.2) is 57.8 Å². The molecule has 0 saturated carbocycles. The van der Waals surface area contributed by atoms with Crippen LogP contribution in [0.2, 0.25) is 0 Å². The Hall–Kier alpha value is -2.47. The summed E-state index contributed by atoms with van der Waals surface area (Å²) in [7, 11) is 0. The number of aromatic nitrogens is 2. The molecule has 1 unspecified atom stereocenters. The Morgan fingerprint density at radius 1 is 1.10 bits per heavy atom. The molecule has 0 radical (unpaired) electrons. The van der Waals surface area contributed by atoms with Crippen LogP contribution in [0.3, 0.4) is 0 Å². The Morgan fingerprint density at radius 3 is 2.37 bits per heavy atom. The standard InChI is InChI=1S/C24H28BrN3O2/c1-5-21(27(6-2)22(29)15-16(3)4)23-26-20-10-8-7-9-19(20)24(30)28(23)18-13-11-17(25)12-14-18/h7-14,16,21H,5-6,15H2,1-4H3. The monoisotopic (exact) mass is 469 g/mol. The first-order valence-corrected chi connectivity index (χ1v) is 11.2. The minimum absolute atomic E-state index is 0.0871. The van der Waals surface area contributed by atoms with Gasteiger partial charge in [-0.1, -0.05) is 48.8 Å². The summed E-state index contributed by atoms with van der Waals surface area (Å²) in [6.07, 6.45) is 1.14. The number of para-hydroxylation sites is 1. The molecule has 0 aliphatic rings. The molecule has 2 aromatic carbocycles. The number of fused-ring (bicyclic) bond motifs is 1. The molecule has 158 valence electrons. The maximum atomic E-state index is 13.5. The van der Waals surface area contributed by atoms with Crippen LogP contribution in [0, 0.1) is 5.92 Å². The lowest BCUT2D eigenvalue weighted by Gasteiger charge is -2.32. The first kappa shape index (κ1) is 22.2. The van der Waals surface area contributed by atoms with E-state index in [9.17, 15) is 9.59 Å². The Bertz CT molecular complexity index is 1090. The molecule has 0 fully saturated rings. The van der Waals surface area contributed by atoms with Gasteiger partial charge in [0.15, 0.2) is 0 Å². The van der Waals surface area contributed by atoms with Crippen molar-refractivity contribution in [3.63, 3.8) is 0 Å². The fourth-order valence-corrected chi connectivity index (χ4v) is 4.06. The Morgan fingerprint density at radius 2 is 1.77 bits per heavy atom. The van der Waals surface area contributed by atoms with Crippen LogP contribution in [0.5, 0.6) is 0 Å². The first-order chi connectivity index (χ1) is 14.4. The molecule has 3 rings (SSSR count). The number of benzene rings is 2. The summed E-state index contributed by atoms with van der Waals surface area (Å²) in [4.78, 5) is 33.3. The summed E-state index contributed by atoms with van der Waals surface area (Å²) in [6, 6.07) is 14.7. The smallest absolute Gasteiger partial charge is 0.266 e. The van der Waals surface area contributed by atoms with Gasteiger partial charge < -0.3 is 4.90 Å². The van der Waals surface area contributed by atoms with E-state index < -0.39 is 0 Å². The Balaban J connectivity index is 2.26. The highest BCUT2D eigenvalue weighted by Gasteiger charge is 2.28. The van der Waals surface area contributed by atoms with Crippen molar-refractivity contribution in [3.8, 4) is 5.69 Å². The molecule has 1 aromatic heterocycles. The zero-order chi connectivity index (χ0) is 21.8.